The first-order valence-corrected chi connectivity index (χ1v) is 15.6. The second-order valence-corrected chi connectivity index (χ2v) is 11.3. The predicted molar refractivity (Wildman–Crippen MR) is 178 cm³/mol. The number of nitrogens with zero attached hydrogens (tertiary/aromatic N) is 1. The zero-order chi connectivity index (χ0) is 32.7. The number of aryl methyl sites for hydroxylation is 1. The molecule has 1 atom stereocenters. The molecule has 3 aromatic carbocycles. The largest absolute Gasteiger partial charge is 0.490 e. The number of carbonyl (C=O) groups is 3. The van der Waals surface area contributed by atoms with Crippen LogP contribution in [-0.2, 0) is 25.5 Å². The normalized spacial score (nSPS) is 13.7. The number of benzene rings is 3. The lowest BCUT2D eigenvalue weighted by atomic mass is 10.1. The molecule has 1 unspecified atom stereocenters. The van der Waals surface area contributed by atoms with Gasteiger partial charge in [0.25, 0.3) is 0 Å². The van der Waals surface area contributed by atoms with E-state index in [2.05, 4.69) is 20.9 Å². The van der Waals surface area contributed by atoms with Crippen LogP contribution in [0.15, 0.2) is 66.7 Å². The van der Waals surface area contributed by atoms with Gasteiger partial charge in [0.2, 0.25) is 5.91 Å². The van der Waals surface area contributed by atoms with E-state index < -0.39 is 0 Å². The Bertz CT molecular complexity index is 1440. The number of urea groups is 1. The van der Waals surface area contributed by atoms with Crippen LogP contribution in [0.4, 0.5) is 21.9 Å². The SMILES string of the molecule is COC(=O)CC(C)COc1cc(NC(=O)Cc2ccc(NC(=O)Nc3ccccc3C)cc2)ccc1OCCCN1CCOCC1. The summed E-state index contributed by atoms with van der Waals surface area (Å²) in [5, 5.41) is 8.57. The van der Waals surface area contributed by atoms with Gasteiger partial charge in [-0.25, -0.2) is 4.79 Å². The summed E-state index contributed by atoms with van der Waals surface area (Å²) in [6.45, 7) is 8.90. The Balaban J connectivity index is 1.31. The van der Waals surface area contributed by atoms with Crippen LogP contribution in [0.3, 0.4) is 0 Å². The van der Waals surface area contributed by atoms with E-state index in [9.17, 15) is 14.4 Å². The molecular formula is C35H44N4O7. The molecule has 0 radical (unpaired) electrons. The molecule has 3 N–H and O–H groups in total. The Morgan fingerprint density at radius 1 is 0.891 bits per heavy atom. The minimum absolute atomic E-state index is 0.0779. The summed E-state index contributed by atoms with van der Waals surface area (Å²) in [5.74, 6) is 0.471. The number of methoxy groups -OCH3 is 1. The highest BCUT2D eigenvalue weighted by Gasteiger charge is 2.15. The smallest absolute Gasteiger partial charge is 0.323 e. The molecule has 11 nitrogen and oxygen atoms in total. The number of morpholine rings is 1. The maximum absolute atomic E-state index is 12.9. The standard InChI is InChI=1S/C35H44N4O7/c1-25(21-34(41)43-3)24-46-32-23-29(13-14-31(32)45-18-6-15-39-16-19-44-20-17-39)36-33(40)22-27-9-11-28(12-10-27)37-35(42)38-30-8-5-4-7-26(30)2/h4-5,7-14,23,25H,6,15-22,24H2,1-3H3,(H,36,40)(H2,37,38,42). The van der Waals surface area contributed by atoms with Gasteiger partial charge in [0, 0.05) is 48.7 Å². The number of nitrogens with one attached hydrogen (secondary N) is 3. The second-order valence-electron chi connectivity index (χ2n) is 11.3. The van der Waals surface area contributed by atoms with Gasteiger partial charge in [-0.05, 0) is 54.8 Å². The minimum atomic E-state index is -0.345. The van der Waals surface area contributed by atoms with Crippen molar-refractivity contribution in [1.29, 1.82) is 0 Å². The number of rotatable bonds is 15. The fourth-order valence-corrected chi connectivity index (χ4v) is 4.87. The summed E-state index contributed by atoms with van der Waals surface area (Å²) in [6.07, 6.45) is 1.22. The zero-order valence-electron chi connectivity index (χ0n) is 26.8. The van der Waals surface area contributed by atoms with Crippen molar-refractivity contribution in [3.63, 3.8) is 0 Å². The highest BCUT2D eigenvalue weighted by atomic mass is 16.5. The van der Waals surface area contributed by atoms with Gasteiger partial charge >= 0.3 is 12.0 Å². The molecule has 11 heteroatoms. The zero-order valence-corrected chi connectivity index (χ0v) is 26.8. The fraction of sp³-hybridized carbons (Fsp3) is 0.400. The van der Waals surface area contributed by atoms with Crippen molar-refractivity contribution in [1.82, 2.24) is 4.90 Å². The van der Waals surface area contributed by atoms with E-state index in [1.807, 2.05) is 38.1 Å². The summed E-state index contributed by atoms with van der Waals surface area (Å²) in [4.78, 5) is 39.4. The van der Waals surface area contributed by atoms with Crippen molar-refractivity contribution >= 4 is 35.0 Å². The molecule has 46 heavy (non-hydrogen) atoms. The highest BCUT2D eigenvalue weighted by Crippen LogP contribution is 2.31. The predicted octanol–water partition coefficient (Wildman–Crippen LogP) is 5.50. The van der Waals surface area contributed by atoms with Gasteiger partial charge in [-0.2, -0.15) is 0 Å². The van der Waals surface area contributed by atoms with Gasteiger partial charge in [0.1, 0.15) is 0 Å². The van der Waals surface area contributed by atoms with Crippen LogP contribution in [0.5, 0.6) is 11.5 Å². The van der Waals surface area contributed by atoms with Gasteiger partial charge < -0.3 is 34.9 Å². The topological polar surface area (TPSA) is 127 Å². The number of carbonyl (C=O) groups excluding carboxylic acids is 3. The molecule has 4 rings (SSSR count). The first-order valence-electron chi connectivity index (χ1n) is 15.6. The second kappa shape index (κ2) is 17.8. The summed E-state index contributed by atoms with van der Waals surface area (Å²) < 4.78 is 22.3. The lowest BCUT2D eigenvalue weighted by Gasteiger charge is -2.26. The molecule has 0 spiro atoms. The molecular weight excluding hydrogens is 588 g/mol. The van der Waals surface area contributed by atoms with Gasteiger partial charge in [0.05, 0.1) is 46.4 Å². The Morgan fingerprint density at radius 2 is 1.63 bits per heavy atom. The summed E-state index contributed by atoms with van der Waals surface area (Å²) >= 11 is 0. The van der Waals surface area contributed by atoms with Gasteiger partial charge in [-0.3, -0.25) is 14.5 Å². The lowest BCUT2D eigenvalue weighted by Crippen LogP contribution is -2.37. The summed E-state index contributed by atoms with van der Waals surface area (Å²) in [7, 11) is 1.36. The fourth-order valence-electron chi connectivity index (χ4n) is 4.87. The summed E-state index contributed by atoms with van der Waals surface area (Å²) in [6, 6.07) is 19.6. The van der Waals surface area contributed by atoms with Gasteiger partial charge in [0.15, 0.2) is 11.5 Å². The Kier molecular flexibility index (Phi) is 13.2. The number of hydrogen-bond donors (Lipinski definition) is 3. The van der Waals surface area contributed by atoms with Crippen LogP contribution >= 0.6 is 0 Å². The molecule has 0 aromatic heterocycles. The third-order valence-electron chi connectivity index (χ3n) is 7.44. The van der Waals surface area contributed by atoms with Gasteiger partial charge in [-0.15, -0.1) is 0 Å². The van der Waals surface area contributed by atoms with Crippen molar-refractivity contribution in [3.8, 4) is 11.5 Å². The number of para-hydroxylation sites is 1. The van der Waals surface area contributed by atoms with Crippen molar-refractivity contribution < 1.29 is 33.3 Å². The van der Waals surface area contributed by atoms with Crippen LogP contribution in [-0.4, -0.2) is 76.0 Å². The number of esters is 1. The Morgan fingerprint density at radius 3 is 2.37 bits per heavy atom. The van der Waals surface area contributed by atoms with E-state index in [0.29, 0.717) is 29.5 Å². The number of ether oxygens (including phenoxy) is 4. The van der Waals surface area contributed by atoms with E-state index in [1.165, 1.54) is 7.11 Å². The first kappa shape index (κ1) is 34.3. The molecule has 3 aromatic rings. The highest BCUT2D eigenvalue weighted by molar-refractivity contribution is 6.00. The average Bonchev–Trinajstić information content (AvgIpc) is 3.05. The molecule has 1 saturated heterocycles. The maximum Gasteiger partial charge on any atom is 0.323 e. The number of amides is 3. The first-order chi connectivity index (χ1) is 22.3. The summed E-state index contributed by atoms with van der Waals surface area (Å²) in [5.41, 5.74) is 3.66. The van der Waals surface area contributed by atoms with Gasteiger partial charge in [-0.1, -0.05) is 37.3 Å². The van der Waals surface area contributed by atoms with Crippen LogP contribution < -0.4 is 25.4 Å². The average molecular weight is 633 g/mol. The van der Waals surface area contributed by atoms with Crippen molar-refractivity contribution in [2.45, 2.75) is 33.1 Å². The molecule has 1 heterocycles. The molecule has 0 bridgehead atoms. The van der Waals surface area contributed by atoms with E-state index >= 15 is 0 Å². The van der Waals surface area contributed by atoms with Crippen LogP contribution in [0.1, 0.15) is 30.9 Å². The minimum Gasteiger partial charge on any atom is -0.490 e. The molecule has 1 fully saturated rings. The van der Waals surface area contributed by atoms with Crippen LogP contribution in [0, 0.1) is 12.8 Å². The molecule has 246 valence electrons. The van der Waals surface area contributed by atoms with Crippen molar-refractivity contribution in [2.24, 2.45) is 5.92 Å². The molecule has 0 aliphatic carbocycles. The molecule has 0 saturated carbocycles. The molecule has 1 aliphatic heterocycles. The van der Waals surface area contributed by atoms with E-state index in [4.69, 9.17) is 18.9 Å². The lowest BCUT2D eigenvalue weighted by molar-refractivity contribution is -0.141. The van der Waals surface area contributed by atoms with E-state index in [0.717, 1.165) is 56.1 Å². The third kappa shape index (κ3) is 11.4. The number of hydrogen-bond acceptors (Lipinski definition) is 8. The quantitative estimate of drug-likeness (QED) is 0.148. The number of anilines is 3. The van der Waals surface area contributed by atoms with Crippen LogP contribution in [0.25, 0.3) is 0 Å². The Hall–Kier alpha value is -4.61. The van der Waals surface area contributed by atoms with Crippen molar-refractivity contribution in [3.05, 3.63) is 77.9 Å². The van der Waals surface area contributed by atoms with E-state index in [1.54, 1.807) is 42.5 Å². The Labute approximate surface area is 270 Å². The monoisotopic (exact) mass is 632 g/mol. The third-order valence-corrected chi connectivity index (χ3v) is 7.44. The molecule has 3 amide bonds. The van der Waals surface area contributed by atoms with Crippen molar-refractivity contribution in [2.75, 3.05) is 69.1 Å². The molecule has 1 aliphatic rings. The van der Waals surface area contributed by atoms with Crippen LogP contribution in [0.2, 0.25) is 0 Å². The maximum atomic E-state index is 12.9. The van der Waals surface area contributed by atoms with E-state index in [-0.39, 0.29) is 43.3 Å².